The molecule has 0 aliphatic heterocycles. The molecule has 30 heavy (non-hydrogen) atoms. The molecule has 3 aromatic rings. The average Bonchev–Trinajstić information content (AvgIpc) is 3.23. The first-order valence-corrected chi connectivity index (χ1v) is 10.0. The Morgan fingerprint density at radius 2 is 1.77 bits per heavy atom. The highest BCUT2D eigenvalue weighted by Crippen LogP contribution is 2.41. The van der Waals surface area contributed by atoms with E-state index in [1.54, 1.807) is 33.5 Å². The predicted molar refractivity (Wildman–Crippen MR) is 119 cm³/mol. The largest absolute Gasteiger partial charge is 0.496 e. The highest BCUT2D eigenvalue weighted by molar-refractivity contribution is 6.02. The molecule has 7 nitrogen and oxygen atoms in total. The van der Waals surface area contributed by atoms with Crippen LogP contribution in [0.3, 0.4) is 0 Å². The van der Waals surface area contributed by atoms with Crippen molar-refractivity contribution in [1.82, 2.24) is 10.3 Å². The van der Waals surface area contributed by atoms with Crippen LogP contribution in [-0.4, -0.2) is 51.9 Å². The predicted octanol–water partition coefficient (Wildman–Crippen LogP) is 3.84. The molecule has 0 radical (unpaired) electrons. The molecular weight excluding hydrogens is 382 g/mol. The molecule has 0 saturated heterocycles. The number of hydrogen-bond donors (Lipinski definition) is 2. The van der Waals surface area contributed by atoms with E-state index in [1.807, 2.05) is 18.2 Å². The number of fused-ring (bicyclic) bond motifs is 1. The van der Waals surface area contributed by atoms with Gasteiger partial charge in [-0.3, -0.25) is 4.79 Å². The second-order valence-electron chi connectivity index (χ2n) is 6.81. The molecule has 0 spiro atoms. The van der Waals surface area contributed by atoms with Gasteiger partial charge in [0.1, 0.15) is 11.4 Å². The molecule has 0 bridgehead atoms. The number of nitrogens with one attached hydrogen (secondary N) is 2. The minimum atomic E-state index is -0.169. The highest BCUT2D eigenvalue weighted by atomic mass is 16.5. The van der Waals surface area contributed by atoms with Crippen LogP contribution in [-0.2, 0) is 0 Å². The quantitative estimate of drug-likeness (QED) is 0.496. The smallest absolute Gasteiger partial charge is 0.267 e. The van der Waals surface area contributed by atoms with Crippen LogP contribution >= 0.6 is 0 Å². The Morgan fingerprint density at radius 1 is 1.03 bits per heavy atom. The van der Waals surface area contributed by atoms with E-state index in [9.17, 15) is 4.79 Å². The fourth-order valence-electron chi connectivity index (χ4n) is 3.53. The van der Waals surface area contributed by atoms with Gasteiger partial charge in [-0.2, -0.15) is 0 Å². The average molecular weight is 412 g/mol. The number of carbonyl (C=O) groups excluding carboxylic acids is 1. The van der Waals surface area contributed by atoms with Crippen molar-refractivity contribution in [2.24, 2.45) is 0 Å². The Morgan fingerprint density at radius 3 is 2.40 bits per heavy atom. The van der Waals surface area contributed by atoms with Crippen LogP contribution in [0.5, 0.6) is 17.2 Å². The molecule has 3 rings (SSSR count). The summed E-state index contributed by atoms with van der Waals surface area (Å²) in [5.74, 6) is 1.52. The maximum atomic E-state index is 12.7. The molecule has 0 unspecified atom stereocenters. The summed E-state index contributed by atoms with van der Waals surface area (Å²) in [4.78, 5) is 18.1. The number of benzene rings is 2. The Hall–Kier alpha value is -3.35. The number of anilines is 1. The van der Waals surface area contributed by atoms with Gasteiger partial charge in [0, 0.05) is 36.8 Å². The van der Waals surface area contributed by atoms with Gasteiger partial charge in [0.2, 0.25) is 0 Å². The van der Waals surface area contributed by atoms with Crippen molar-refractivity contribution >= 4 is 22.5 Å². The molecule has 0 fully saturated rings. The normalized spacial score (nSPS) is 10.7. The molecule has 1 aromatic heterocycles. The molecule has 1 amide bonds. The summed E-state index contributed by atoms with van der Waals surface area (Å²) in [6, 6.07) is 13.8. The van der Waals surface area contributed by atoms with Crippen molar-refractivity contribution in [3.05, 3.63) is 48.2 Å². The van der Waals surface area contributed by atoms with Crippen LogP contribution in [0, 0.1) is 0 Å². The standard InChI is InChI=1S/C23H29N3O4/c1-5-26(16-10-7-6-8-11-16)13-9-12-24-23(27)18-14-17-19(28-2)15-20(29-3)22(30-4)21(17)25-18/h6-8,10-11,14-15,25H,5,9,12-13H2,1-4H3,(H,24,27). The third kappa shape index (κ3) is 4.45. The number of amides is 1. The van der Waals surface area contributed by atoms with Crippen molar-refractivity contribution < 1.29 is 19.0 Å². The number of H-pyrrole nitrogens is 1. The Balaban J connectivity index is 1.67. The number of aromatic amines is 1. The highest BCUT2D eigenvalue weighted by Gasteiger charge is 2.19. The van der Waals surface area contributed by atoms with Gasteiger partial charge < -0.3 is 29.4 Å². The van der Waals surface area contributed by atoms with Crippen LogP contribution in [0.4, 0.5) is 5.69 Å². The fourth-order valence-corrected chi connectivity index (χ4v) is 3.53. The van der Waals surface area contributed by atoms with E-state index in [4.69, 9.17) is 14.2 Å². The summed E-state index contributed by atoms with van der Waals surface area (Å²) in [5, 5.41) is 3.75. The maximum Gasteiger partial charge on any atom is 0.267 e. The topological polar surface area (TPSA) is 75.8 Å². The number of aromatic nitrogens is 1. The molecule has 1 heterocycles. The summed E-state index contributed by atoms with van der Waals surface area (Å²) in [6.07, 6.45) is 0.842. The lowest BCUT2D eigenvalue weighted by Crippen LogP contribution is -2.30. The molecule has 160 valence electrons. The summed E-state index contributed by atoms with van der Waals surface area (Å²) < 4.78 is 16.3. The number of ether oxygens (including phenoxy) is 3. The minimum Gasteiger partial charge on any atom is -0.496 e. The van der Waals surface area contributed by atoms with Crippen molar-refractivity contribution in [2.45, 2.75) is 13.3 Å². The lowest BCUT2D eigenvalue weighted by molar-refractivity contribution is 0.0949. The molecule has 2 aromatic carbocycles. The van der Waals surface area contributed by atoms with E-state index >= 15 is 0 Å². The number of carbonyl (C=O) groups is 1. The first-order chi connectivity index (χ1) is 14.6. The van der Waals surface area contributed by atoms with E-state index < -0.39 is 0 Å². The van der Waals surface area contributed by atoms with E-state index in [1.165, 1.54) is 5.69 Å². The zero-order valence-corrected chi connectivity index (χ0v) is 18.0. The Kier molecular flexibility index (Phi) is 7.06. The van der Waals surface area contributed by atoms with Crippen LogP contribution in [0.1, 0.15) is 23.8 Å². The minimum absolute atomic E-state index is 0.169. The van der Waals surface area contributed by atoms with Crippen LogP contribution < -0.4 is 24.4 Å². The van der Waals surface area contributed by atoms with Gasteiger partial charge in [0.15, 0.2) is 11.5 Å². The number of rotatable bonds is 10. The zero-order chi connectivity index (χ0) is 21.5. The van der Waals surface area contributed by atoms with Gasteiger partial charge in [0.25, 0.3) is 5.91 Å². The molecule has 0 saturated carbocycles. The Labute approximate surface area is 176 Å². The van der Waals surface area contributed by atoms with Crippen LogP contribution in [0.25, 0.3) is 10.9 Å². The molecule has 7 heteroatoms. The fraction of sp³-hybridized carbons (Fsp3) is 0.348. The van der Waals surface area contributed by atoms with Crippen LogP contribution in [0.2, 0.25) is 0 Å². The van der Waals surface area contributed by atoms with E-state index in [0.29, 0.717) is 35.0 Å². The SMILES string of the molecule is CCN(CCCNC(=O)c1cc2c(OC)cc(OC)c(OC)c2[nH]1)c1ccccc1. The number of nitrogens with zero attached hydrogens (tertiary/aromatic N) is 1. The van der Waals surface area contributed by atoms with Crippen molar-refractivity contribution in [1.29, 1.82) is 0 Å². The van der Waals surface area contributed by atoms with Gasteiger partial charge in [-0.25, -0.2) is 0 Å². The van der Waals surface area contributed by atoms with E-state index in [2.05, 4.69) is 34.3 Å². The maximum absolute atomic E-state index is 12.7. The van der Waals surface area contributed by atoms with Crippen molar-refractivity contribution in [3.8, 4) is 17.2 Å². The molecule has 0 aliphatic carbocycles. The van der Waals surface area contributed by atoms with Gasteiger partial charge in [-0.15, -0.1) is 0 Å². The van der Waals surface area contributed by atoms with Crippen molar-refractivity contribution in [3.63, 3.8) is 0 Å². The Bertz CT molecular complexity index is 985. The molecule has 2 N–H and O–H groups in total. The second kappa shape index (κ2) is 9.91. The zero-order valence-electron chi connectivity index (χ0n) is 18.0. The first-order valence-electron chi connectivity index (χ1n) is 10.0. The third-order valence-electron chi connectivity index (χ3n) is 5.08. The van der Waals surface area contributed by atoms with E-state index in [0.717, 1.165) is 24.9 Å². The van der Waals surface area contributed by atoms with Crippen molar-refractivity contribution in [2.75, 3.05) is 45.9 Å². The second-order valence-corrected chi connectivity index (χ2v) is 6.81. The first kappa shape index (κ1) is 21.4. The monoisotopic (exact) mass is 411 g/mol. The summed E-state index contributed by atoms with van der Waals surface area (Å²) in [6.45, 7) is 4.49. The summed E-state index contributed by atoms with van der Waals surface area (Å²) in [7, 11) is 4.71. The van der Waals surface area contributed by atoms with Gasteiger partial charge in [-0.1, -0.05) is 18.2 Å². The molecule has 0 aliphatic rings. The number of hydrogen-bond acceptors (Lipinski definition) is 5. The van der Waals surface area contributed by atoms with Gasteiger partial charge in [-0.05, 0) is 31.5 Å². The number of methoxy groups -OCH3 is 3. The van der Waals surface area contributed by atoms with Crippen LogP contribution in [0.15, 0.2) is 42.5 Å². The third-order valence-corrected chi connectivity index (χ3v) is 5.08. The van der Waals surface area contributed by atoms with Gasteiger partial charge in [0.05, 0.1) is 26.8 Å². The lowest BCUT2D eigenvalue weighted by Gasteiger charge is -2.23. The van der Waals surface area contributed by atoms with Gasteiger partial charge >= 0.3 is 0 Å². The number of para-hydroxylation sites is 1. The summed E-state index contributed by atoms with van der Waals surface area (Å²) in [5.41, 5.74) is 2.31. The summed E-state index contributed by atoms with van der Waals surface area (Å²) >= 11 is 0. The molecular formula is C23H29N3O4. The molecule has 0 atom stereocenters. The van der Waals surface area contributed by atoms with E-state index in [-0.39, 0.29) is 5.91 Å². The lowest BCUT2D eigenvalue weighted by atomic mass is 10.2.